The predicted octanol–water partition coefficient (Wildman–Crippen LogP) is 3.68. The van der Waals surface area contributed by atoms with Crippen LogP contribution in [0.5, 0.6) is 0 Å². The average Bonchev–Trinajstić information content (AvgIpc) is 2.98. The van der Waals surface area contributed by atoms with Crippen molar-refractivity contribution in [3.05, 3.63) is 70.8 Å². The van der Waals surface area contributed by atoms with E-state index in [-0.39, 0.29) is 17.7 Å². The van der Waals surface area contributed by atoms with Crippen LogP contribution in [0.3, 0.4) is 0 Å². The van der Waals surface area contributed by atoms with E-state index in [4.69, 9.17) is 0 Å². The van der Waals surface area contributed by atoms with E-state index < -0.39 is 6.04 Å². The summed E-state index contributed by atoms with van der Waals surface area (Å²) in [5, 5.41) is 3.05. The van der Waals surface area contributed by atoms with Crippen molar-refractivity contribution in [1.82, 2.24) is 10.2 Å². The Morgan fingerprint density at radius 1 is 1.15 bits per heavy atom. The third kappa shape index (κ3) is 3.50. The summed E-state index contributed by atoms with van der Waals surface area (Å²) in [6.07, 6.45) is 0.836. The van der Waals surface area contributed by atoms with Crippen LogP contribution >= 0.6 is 0 Å². The monoisotopic (exact) mass is 350 g/mol. The fourth-order valence-electron chi connectivity index (χ4n) is 3.53. The molecule has 0 unspecified atom stereocenters. The zero-order valence-electron chi connectivity index (χ0n) is 15.7. The minimum Gasteiger partial charge on any atom is -0.350 e. The molecule has 0 spiro atoms. The fourth-order valence-corrected chi connectivity index (χ4v) is 3.53. The lowest BCUT2D eigenvalue weighted by Crippen LogP contribution is -2.50. The zero-order chi connectivity index (χ0) is 18.7. The molecule has 0 saturated carbocycles. The smallest absolute Gasteiger partial charge is 0.255 e. The highest BCUT2D eigenvalue weighted by molar-refractivity contribution is 6.01. The van der Waals surface area contributed by atoms with Gasteiger partial charge >= 0.3 is 0 Å². The standard InChI is InChI=1S/C22H26N2O2/c1-4-15(2)20(21(25)23-13-17-10-6-5-9-16(17)3)24-14-18-11-7-8-12-19(18)22(24)26/h5-12,15,20H,4,13-14H2,1-3H3,(H,23,25)/t15-,20-/m0/s1. The van der Waals surface area contributed by atoms with Crippen LogP contribution in [-0.2, 0) is 17.9 Å². The number of benzene rings is 2. The molecule has 0 fully saturated rings. The van der Waals surface area contributed by atoms with Crippen LogP contribution in [-0.4, -0.2) is 22.8 Å². The van der Waals surface area contributed by atoms with Crippen LogP contribution in [0.4, 0.5) is 0 Å². The highest BCUT2D eigenvalue weighted by Crippen LogP contribution is 2.28. The number of fused-ring (bicyclic) bond motifs is 1. The van der Waals surface area contributed by atoms with Crippen molar-refractivity contribution in [2.24, 2.45) is 5.92 Å². The quantitative estimate of drug-likeness (QED) is 0.864. The number of rotatable bonds is 6. The number of amides is 2. The molecule has 0 saturated heterocycles. The van der Waals surface area contributed by atoms with E-state index in [1.165, 1.54) is 0 Å². The Balaban J connectivity index is 1.78. The van der Waals surface area contributed by atoms with Crippen molar-refractivity contribution in [3.63, 3.8) is 0 Å². The number of hydrogen-bond acceptors (Lipinski definition) is 2. The van der Waals surface area contributed by atoms with Gasteiger partial charge in [0.25, 0.3) is 5.91 Å². The first-order valence-electron chi connectivity index (χ1n) is 9.24. The maximum Gasteiger partial charge on any atom is 0.255 e. The molecule has 1 N–H and O–H groups in total. The van der Waals surface area contributed by atoms with Crippen LogP contribution < -0.4 is 5.32 Å². The van der Waals surface area contributed by atoms with Crippen molar-refractivity contribution >= 4 is 11.8 Å². The molecule has 3 rings (SSSR count). The molecule has 4 nitrogen and oxygen atoms in total. The van der Waals surface area contributed by atoms with Gasteiger partial charge in [-0.25, -0.2) is 0 Å². The van der Waals surface area contributed by atoms with Gasteiger partial charge in [0.2, 0.25) is 5.91 Å². The summed E-state index contributed by atoms with van der Waals surface area (Å²) in [7, 11) is 0. The molecule has 0 radical (unpaired) electrons. The van der Waals surface area contributed by atoms with Gasteiger partial charge in [0.05, 0.1) is 0 Å². The van der Waals surface area contributed by atoms with E-state index in [9.17, 15) is 9.59 Å². The molecule has 26 heavy (non-hydrogen) atoms. The van der Waals surface area contributed by atoms with Gasteiger partial charge in [-0.2, -0.15) is 0 Å². The van der Waals surface area contributed by atoms with Crippen molar-refractivity contribution in [3.8, 4) is 0 Å². The molecule has 2 amide bonds. The minimum atomic E-state index is -0.455. The average molecular weight is 350 g/mol. The van der Waals surface area contributed by atoms with Crippen molar-refractivity contribution < 1.29 is 9.59 Å². The van der Waals surface area contributed by atoms with Crippen LogP contribution in [0, 0.1) is 12.8 Å². The molecule has 1 aliphatic heterocycles. The summed E-state index contributed by atoms with van der Waals surface area (Å²) in [6, 6.07) is 15.2. The first-order valence-corrected chi connectivity index (χ1v) is 9.24. The molecule has 1 heterocycles. The Bertz CT molecular complexity index is 815. The second-order valence-corrected chi connectivity index (χ2v) is 7.06. The summed E-state index contributed by atoms with van der Waals surface area (Å²) >= 11 is 0. The van der Waals surface area contributed by atoms with E-state index in [0.29, 0.717) is 18.7 Å². The second kappa shape index (κ2) is 7.73. The lowest BCUT2D eigenvalue weighted by atomic mass is 9.96. The maximum atomic E-state index is 13.0. The van der Waals surface area contributed by atoms with Gasteiger partial charge in [-0.05, 0) is 35.6 Å². The Morgan fingerprint density at radius 2 is 1.85 bits per heavy atom. The topological polar surface area (TPSA) is 49.4 Å². The summed E-state index contributed by atoms with van der Waals surface area (Å²) in [6.45, 7) is 7.11. The van der Waals surface area contributed by atoms with Gasteiger partial charge in [-0.3, -0.25) is 9.59 Å². The zero-order valence-corrected chi connectivity index (χ0v) is 15.7. The van der Waals surface area contributed by atoms with E-state index in [1.54, 1.807) is 4.90 Å². The summed E-state index contributed by atoms with van der Waals surface area (Å²) in [5.74, 6) is -0.0363. The minimum absolute atomic E-state index is 0.0445. The third-order valence-corrected chi connectivity index (χ3v) is 5.35. The predicted molar refractivity (Wildman–Crippen MR) is 103 cm³/mol. The van der Waals surface area contributed by atoms with E-state index >= 15 is 0 Å². The molecule has 0 aromatic heterocycles. The van der Waals surface area contributed by atoms with Crippen molar-refractivity contribution in [2.45, 2.75) is 46.3 Å². The molecule has 136 valence electrons. The van der Waals surface area contributed by atoms with E-state index in [0.717, 1.165) is 23.1 Å². The number of nitrogens with one attached hydrogen (secondary N) is 1. The van der Waals surface area contributed by atoms with E-state index in [1.807, 2.05) is 62.4 Å². The van der Waals surface area contributed by atoms with Crippen molar-refractivity contribution in [1.29, 1.82) is 0 Å². The Morgan fingerprint density at radius 3 is 2.54 bits per heavy atom. The van der Waals surface area contributed by atoms with Gasteiger partial charge in [-0.15, -0.1) is 0 Å². The normalized spacial score (nSPS) is 15.5. The fraction of sp³-hybridized carbons (Fsp3) is 0.364. The molecule has 4 heteroatoms. The van der Waals surface area contributed by atoms with Gasteiger partial charge < -0.3 is 10.2 Å². The number of aryl methyl sites for hydroxylation is 1. The second-order valence-electron chi connectivity index (χ2n) is 7.06. The molecule has 0 aliphatic carbocycles. The van der Waals surface area contributed by atoms with Crippen LogP contribution in [0.25, 0.3) is 0 Å². The summed E-state index contributed by atoms with van der Waals surface area (Å²) in [4.78, 5) is 27.6. The van der Waals surface area contributed by atoms with Crippen molar-refractivity contribution in [2.75, 3.05) is 0 Å². The summed E-state index contributed by atoms with van der Waals surface area (Å²) < 4.78 is 0. The number of carbonyl (C=O) groups is 2. The Kier molecular flexibility index (Phi) is 5.40. The van der Waals surface area contributed by atoms with Gasteiger partial charge in [0, 0.05) is 18.7 Å². The van der Waals surface area contributed by atoms with Crippen LogP contribution in [0.2, 0.25) is 0 Å². The van der Waals surface area contributed by atoms with Gasteiger partial charge in [0.15, 0.2) is 0 Å². The third-order valence-electron chi connectivity index (χ3n) is 5.35. The largest absolute Gasteiger partial charge is 0.350 e. The number of nitrogens with zero attached hydrogens (tertiary/aromatic N) is 1. The lowest BCUT2D eigenvalue weighted by Gasteiger charge is -2.31. The lowest BCUT2D eigenvalue weighted by molar-refractivity contribution is -0.127. The van der Waals surface area contributed by atoms with Crippen LogP contribution in [0.15, 0.2) is 48.5 Å². The Labute approximate surface area is 155 Å². The van der Waals surface area contributed by atoms with Crippen LogP contribution in [0.1, 0.15) is 47.3 Å². The maximum absolute atomic E-state index is 13.0. The first-order chi connectivity index (χ1) is 12.5. The summed E-state index contributed by atoms with van der Waals surface area (Å²) in [5.41, 5.74) is 3.96. The molecule has 2 aromatic rings. The highest BCUT2D eigenvalue weighted by atomic mass is 16.2. The molecule has 0 bridgehead atoms. The number of hydrogen-bond donors (Lipinski definition) is 1. The molecule has 1 aliphatic rings. The first kappa shape index (κ1) is 18.2. The van der Waals surface area contributed by atoms with Gasteiger partial charge in [0.1, 0.15) is 6.04 Å². The molecular weight excluding hydrogens is 324 g/mol. The Hall–Kier alpha value is -2.62. The SMILES string of the molecule is CC[C@H](C)[C@@H](C(=O)NCc1ccccc1C)N1Cc2ccccc2C1=O. The van der Waals surface area contributed by atoms with Gasteiger partial charge in [-0.1, -0.05) is 62.7 Å². The molecule has 2 aromatic carbocycles. The molecule has 2 atom stereocenters. The van der Waals surface area contributed by atoms with E-state index in [2.05, 4.69) is 12.2 Å². The molecular formula is C22H26N2O2. The number of carbonyl (C=O) groups excluding carboxylic acids is 2. The highest BCUT2D eigenvalue weighted by Gasteiger charge is 2.38.